The zero-order valence-electron chi connectivity index (χ0n) is 13.7. The van der Waals surface area contributed by atoms with Crippen molar-refractivity contribution in [3.8, 4) is 0 Å². The van der Waals surface area contributed by atoms with Crippen LogP contribution >= 0.6 is 23.2 Å². The van der Waals surface area contributed by atoms with Gasteiger partial charge in [0.05, 0.1) is 0 Å². The quantitative estimate of drug-likeness (QED) is 0.773. The Bertz CT molecular complexity index is 725. The summed E-state index contributed by atoms with van der Waals surface area (Å²) in [4.78, 5) is 14.0. The van der Waals surface area contributed by atoms with Crippen molar-refractivity contribution < 1.29 is 4.79 Å². The van der Waals surface area contributed by atoms with Gasteiger partial charge in [-0.3, -0.25) is 4.79 Å². The highest BCUT2D eigenvalue weighted by Gasteiger charge is 2.01. The van der Waals surface area contributed by atoms with Crippen LogP contribution in [0.25, 0.3) is 6.08 Å². The van der Waals surface area contributed by atoms with Crippen molar-refractivity contribution in [1.29, 1.82) is 0 Å². The van der Waals surface area contributed by atoms with E-state index in [1.807, 2.05) is 26.2 Å². The maximum atomic E-state index is 11.9. The lowest BCUT2D eigenvalue weighted by Crippen LogP contribution is -2.20. The predicted molar refractivity (Wildman–Crippen MR) is 101 cm³/mol. The van der Waals surface area contributed by atoms with E-state index in [4.69, 9.17) is 23.2 Å². The molecule has 2 rings (SSSR count). The van der Waals surface area contributed by atoms with Gasteiger partial charge in [-0.15, -0.1) is 0 Å². The first-order chi connectivity index (χ1) is 11.4. The van der Waals surface area contributed by atoms with Crippen molar-refractivity contribution in [3.63, 3.8) is 0 Å². The third kappa shape index (κ3) is 6.00. The largest absolute Gasteiger partial charge is 0.348 e. The third-order valence-corrected chi connectivity index (χ3v) is 3.93. The molecule has 0 spiro atoms. The van der Waals surface area contributed by atoms with Crippen molar-refractivity contribution in [2.24, 2.45) is 0 Å². The number of benzene rings is 2. The van der Waals surface area contributed by atoms with Crippen LogP contribution in [0.3, 0.4) is 0 Å². The summed E-state index contributed by atoms with van der Waals surface area (Å²) in [6.07, 6.45) is 3.14. The lowest BCUT2D eigenvalue weighted by atomic mass is 10.1. The second kappa shape index (κ2) is 8.88. The van der Waals surface area contributed by atoms with E-state index in [0.717, 1.165) is 17.7 Å². The molecular weight excluding hydrogens is 343 g/mol. The number of hydrogen-bond donors (Lipinski definition) is 1. The molecule has 5 heteroatoms. The van der Waals surface area contributed by atoms with Gasteiger partial charge in [0.25, 0.3) is 0 Å². The molecule has 126 valence electrons. The number of nitrogens with one attached hydrogen (secondary N) is 1. The smallest absolute Gasteiger partial charge is 0.244 e. The highest BCUT2D eigenvalue weighted by molar-refractivity contribution is 6.35. The molecule has 0 fully saturated rings. The van der Waals surface area contributed by atoms with Crippen molar-refractivity contribution in [2.75, 3.05) is 14.1 Å². The van der Waals surface area contributed by atoms with Crippen LogP contribution in [-0.4, -0.2) is 24.9 Å². The first kappa shape index (κ1) is 18.5. The molecule has 2 aromatic carbocycles. The Morgan fingerprint density at radius 2 is 1.75 bits per heavy atom. The van der Waals surface area contributed by atoms with Crippen molar-refractivity contribution in [3.05, 3.63) is 75.3 Å². The zero-order chi connectivity index (χ0) is 17.5. The van der Waals surface area contributed by atoms with Crippen LogP contribution in [-0.2, 0) is 17.9 Å². The minimum Gasteiger partial charge on any atom is -0.348 e. The van der Waals surface area contributed by atoms with Crippen LogP contribution in [0.1, 0.15) is 16.7 Å². The highest BCUT2D eigenvalue weighted by atomic mass is 35.5. The number of halogens is 2. The molecule has 0 radical (unpaired) electrons. The number of carbonyl (C=O) groups excluding carboxylic acids is 1. The standard InChI is InChI=1S/C19H20Cl2N2O/c1-23(2)13-15-5-3-14(4-6-15)12-22-19(24)10-8-16-7-9-17(20)11-18(16)21/h3-11H,12-13H2,1-2H3,(H,22,24)/b10-8+. The van der Waals surface area contributed by atoms with E-state index >= 15 is 0 Å². The normalized spacial score (nSPS) is 11.2. The van der Waals surface area contributed by atoms with Gasteiger partial charge in [-0.25, -0.2) is 0 Å². The second-order valence-electron chi connectivity index (χ2n) is 5.77. The Kier molecular flexibility index (Phi) is 6.85. The number of nitrogens with zero attached hydrogens (tertiary/aromatic N) is 1. The molecule has 0 atom stereocenters. The Morgan fingerprint density at radius 1 is 1.08 bits per heavy atom. The highest BCUT2D eigenvalue weighted by Crippen LogP contribution is 2.21. The molecule has 0 bridgehead atoms. The van der Waals surface area contributed by atoms with Crippen molar-refractivity contribution >= 4 is 35.2 Å². The fourth-order valence-corrected chi connectivity index (χ4v) is 2.65. The maximum absolute atomic E-state index is 11.9. The molecule has 0 aliphatic heterocycles. The summed E-state index contributed by atoms with van der Waals surface area (Å²) in [5, 5.41) is 3.94. The van der Waals surface area contributed by atoms with Gasteiger partial charge >= 0.3 is 0 Å². The van der Waals surface area contributed by atoms with E-state index < -0.39 is 0 Å². The van der Waals surface area contributed by atoms with Gasteiger partial charge in [0.2, 0.25) is 5.91 Å². The molecule has 0 aliphatic rings. The summed E-state index contributed by atoms with van der Waals surface area (Å²) in [6.45, 7) is 1.39. The number of carbonyl (C=O) groups is 1. The Hall–Kier alpha value is -1.81. The van der Waals surface area contributed by atoms with Gasteiger partial charge < -0.3 is 10.2 Å². The van der Waals surface area contributed by atoms with Gasteiger partial charge in [-0.2, -0.15) is 0 Å². The number of rotatable bonds is 6. The van der Waals surface area contributed by atoms with Crippen molar-refractivity contribution in [2.45, 2.75) is 13.1 Å². The summed E-state index contributed by atoms with van der Waals surface area (Å²) in [5.41, 5.74) is 3.06. The van der Waals surface area contributed by atoms with Crippen LogP contribution in [0.2, 0.25) is 10.0 Å². The first-order valence-corrected chi connectivity index (χ1v) is 8.33. The van der Waals surface area contributed by atoms with E-state index in [9.17, 15) is 4.79 Å². The molecule has 1 N–H and O–H groups in total. The monoisotopic (exact) mass is 362 g/mol. The van der Waals surface area contributed by atoms with Gasteiger partial charge in [0.1, 0.15) is 0 Å². The molecule has 0 unspecified atom stereocenters. The molecule has 3 nitrogen and oxygen atoms in total. The van der Waals surface area contributed by atoms with Crippen LogP contribution < -0.4 is 5.32 Å². The van der Waals surface area contributed by atoms with Gasteiger partial charge in [-0.05, 0) is 49.0 Å². The van der Waals surface area contributed by atoms with E-state index in [-0.39, 0.29) is 5.91 Å². The summed E-state index contributed by atoms with van der Waals surface area (Å²) < 4.78 is 0. The van der Waals surface area contributed by atoms with Crippen LogP contribution in [0.5, 0.6) is 0 Å². The van der Waals surface area contributed by atoms with E-state index in [0.29, 0.717) is 16.6 Å². The van der Waals surface area contributed by atoms with Gasteiger partial charge in [-0.1, -0.05) is 53.5 Å². The maximum Gasteiger partial charge on any atom is 0.244 e. The molecular formula is C19H20Cl2N2O. The zero-order valence-corrected chi connectivity index (χ0v) is 15.2. The molecule has 0 saturated heterocycles. The third-order valence-electron chi connectivity index (χ3n) is 3.37. The van der Waals surface area contributed by atoms with Crippen LogP contribution in [0.15, 0.2) is 48.5 Å². The van der Waals surface area contributed by atoms with Crippen molar-refractivity contribution in [1.82, 2.24) is 10.2 Å². The Labute approximate surface area is 152 Å². The van der Waals surface area contributed by atoms with E-state index in [1.165, 1.54) is 11.6 Å². The molecule has 0 aromatic heterocycles. The summed E-state index contributed by atoms with van der Waals surface area (Å²) in [7, 11) is 4.07. The summed E-state index contributed by atoms with van der Waals surface area (Å²) in [5.74, 6) is -0.168. The minimum absolute atomic E-state index is 0.168. The van der Waals surface area contributed by atoms with E-state index in [2.05, 4.69) is 22.3 Å². The van der Waals surface area contributed by atoms with Crippen LogP contribution in [0, 0.1) is 0 Å². The molecule has 0 saturated carbocycles. The topological polar surface area (TPSA) is 32.3 Å². The van der Waals surface area contributed by atoms with Gasteiger partial charge in [0, 0.05) is 29.2 Å². The first-order valence-electron chi connectivity index (χ1n) is 7.57. The van der Waals surface area contributed by atoms with Crippen LogP contribution in [0.4, 0.5) is 0 Å². The number of hydrogen-bond acceptors (Lipinski definition) is 2. The fourth-order valence-electron chi connectivity index (χ4n) is 2.18. The molecule has 0 heterocycles. The second-order valence-corrected chi connectivity index (χ2v) is 6.61. The lowest BCUT2D eigenvalue weighted by molar-refractivity contribution is -0.116. The minimum atomic E-state index is -0.168. The number of amides is 1. The SMILES string of the molecule is CN(C)Cc1ccc(CNC(=O)/C=C/c2ccc(Cl)cc2Cl)cc1. The fraction of sp³-hybridized carbons (Fsp3) is 0.211. The average molecular weight is 363 g/mol. The van der Waals surface area contributed by atoms with E-state index in [1.54, 1.807) is 24.3 Å². The molecule has 2 aromatic rings. The average Bonchev–Trinajstić information content (AvgIpc) is 2.53. The summed E-state index contributed by atoms with van der Waals surface area (Å²) in [6, 6.07) is 13.4. The molecule has 24 heavy (non-hydrogen) atoms. The predicted octanol–water partition coefficient (Wildman–Crippen LogP) is 4.38. The van der Waals surface area contributed by atoms with Gasteiger partial charge in [0.15, 0.2) is 0 Å². The Balaban J connectivity index is 1.87. The molecule has 0 aliphatic carbocycles. The molecule has 1 amide bonds. The lowest BCUT2D eigenvalue weighted by Gasteiger charge is -2.10. The summed E-state index contributed by atoms with van der Waals surface area (Å²) >= 11 is 11.9. The Morgan fingerprint density at radius 3 is 2.38 bits per heavy atom.